The number of piperazine rings is 1. The number of hydrogen-bond donors (Lipinski definition) is 0. The third-order valence-corrected chi connectivity index (χ3v) is 5.26. The summed E-state index contributed by atoms with van der Waals surface area (Å²) in [7, 11) is 0. The molecule has 8 heteroatoms. The van der Waals surface area contributed by atoms with E-state index in [0.29, 0.717) is 26.3 Å². The van der Waals surface area contributed by atoms with Gasteiger partial charge in [0.05, 0.1) is 0 Å². The molecule has 0 saturated carbocycles. The maximum Gasteiger partial charge on any atom is 0.246 e. The summed E-state index contributed by atoms with van der Waals surface area (Å²) in [4.78, 5) is 16.5. The average Bonchev–Trinajstić information content (AvgIpc) is 3.12. The molecule has 0 N–H and O–H groups in total. The number of rotatable bonds is 3. The van der Waals surface area contributed by atoms with Gasteiger partial charge in [-0.1, -0.05) is 17.4 Å². The number of nitrogens with zero attached hydrogens (tertiary/aromatic N) is 4. The van der Waals surface area contributed by atoms with Gasteiger partial charge in [-0.2, -0.15) is 0 Å². The Hall–Kier alpha value is -2.61. The lowest BCUT2D eigenvalue weighted by atomic mass is 10.1. The number of fused-ring (bicyclic) bond motifs is 1. The van der Waals surface area contributed by atoms with Crippen LogP contribution < -0.4 is 14.4 Å². The van der Waals surface area contributed by atoms with Crippen molar-refractivity contribution < 1.29 is 14.3 Å². The number of benzene rings is 1. The number of carbonyl (C=O) groups is 1. The van der Waals surface area contributed by atoms with Gasteiger partial charge in [0.15, 0.2) is 11.5 Å². The summed E-state index contributed by atoms with van der Waals surface area (Å²) in [6.45, 7) is 5.99. The van der Waals surface area contributed by atoms with Crippen LogP contribution in [-0.4, -0.2) is 60.4 Å². The molecule has 0 radical (unpaired) electrons. The second-order valence-corrected chi connectivity index (χ2v) is 7.31. The normalized spacial score (nSPS) is 17.0. The highest BCUT2D eigenvalue weighted by Crippen LogP contribution is 2.31. The van der Waals surface area contributed by atoms with Gasteiger partial charge >= 0.3 is 0 Å². The summed E-state index contributed by atoms with van der Waals surface area (Å²) in [5, 5.41) is 10.1. The van der Waals surface area contributed by atoms with E-state index in [1.807, 2.05) is 36.1 Å². The van der Waals surface area contributed by atoms with Gasteiger partial charge in [0.25, 0.3) is 0 Å². The maximum atomic E-state index is 12.4. The van der Waals surface area contributed by atoms with Crippen molar-refractivity contribution in [1.29, 1.82) is 0 Å². The number of aromatic nitrogens is 2. The number of aryl methyl sites for hydroxylation is 1. The predicted octanol–water partition coefficient (Wildman–Crippen LogP) is 1.98. The molecule has 4 rings (SSSR count). The van der Waals surface area contributed by atoms with Crippen LogP contribution in [0.2, 0.25) is 0 Å². The van der Waals surface area contributed by atoms with Gasteiger partial charge in [-0.3, -0.25) is 4.79 Å². The number of carbonyl (C=O) groups excluding carboxylic acids is 1. The van der Waals surface area contributed by atoms with Crippen LogP contribution in [0.25, 0.3) is 6.08 Å². The van der Waals surface area contributed by atoms with Crippen molar-refractivity contribution in [3.8, 4) is 11.5 Å². The summed E-state index contributed by atoms with van der Waals surface area (Å²) in [5.74, 6) is 1.50. The van der Waals surface area contributed by atoms with E-state index in [1.165, 1.54) is 0 Å². The largest absolute Gasteiger partial charge is 0.486 e. The summed E-state index contributed by atoms with van der Waals surface area (Å²) in [6, 6.07) is 5.70. The molecule has 1 fully saturated rings. The first-order valence-corrected chi connectivity index (χ1v) is 9.42. The van der Waals surface area contributed by atoms with Crippen molar-refractivity contribution in [2.45, 2.75) is 6.92 Å². The minimum absolute atomic E-state index is 0.0213. The fourth-order valence-electron chi connectivity index (χ4n) is 2.97. The zero-order valence-corrected chi connectivity index (χ0v) is 15.4. The van der Waals surface area contributed by atoms with Crippen molar-refractivity contribution in [3.05, 3.63) is 34.8 Å². The van der Waals surface area contributed by atoms with Gasteiger partial charge < -0.3 is 19.3 Å². The van der Waals surface area contributed by atoms with E-state index >= 15 is 0 Å². The molecule has 2 aromatic rings. The summed E-state index contributed by atoms with van der Waals surface area (Å²) in [5.41, 5.74) is 0.922. The molecule has 2 aliphatic rings. The van der Waals surface area contributed by atoms with E-state index in [1.54, 1.807) is 17.4 Å². The first-order chi connectivity index (χ1) is 12.7. The molecule has 0 spiro atoms. The minimum Gasteiger partial charge on any atom is -0.486 e. The number of hydrogen-bond acceptors (Lipinski definition) is 7. The fraction of sp³-hybridized carbons (Fsp3) is 0.389. The van der Waals surface area contributed by atoms with Gasteiger partial charge in [0, 0.05) is 32.3 Å². The fourth-order valence-corrected chi connectivity index (χ4v) is 3.71. The Morgan fingerprint density at radius 2 is 1.88 bits per heavy atom. The molecule has 3 heterocycles. The van der Waals surface area contributed by atoms with Gasteiger partial charge in [0.2, 0.25) is 11.0 Å². The van der Waals surface area contributed by atoms with Crippen molar-refractivity contribution in [3.63, 3.8) is 0 Å². The molecule has 26 heavy (non-hydrogen) atoms. The van der Waals surface area contributed by atoms with Gasteiger partial charge in [-0.05, 0) is 30.7 Å². The third-order valence-electron chi connectivity index (χ3n) is 4.36. The van der Waals surface area contributed by atoms with Gasteiger partial charge in [-0.25, -0.2) is 0 Å². The van der Waals surface area contributed by atoms with E-state index in [0.717, 1.165) is 40.3 Å². The highest BCUT2D eigenvalue weighted by Gasteiger charge is 2.21. The molecule has 7 nitrogen and oxygen atoms in total. The lowest BCUT2D eigenvalue weighted by Crippen LogP contribution is -2.48. The lowest BCUT2D eigenvalue weighted by molar-refractivity contribution is -0.126. The van der Waals surface area contributed by atoms with Crippen molar-refractivity contribution in [2.75, 3.05) is 44.3 Å². The van der Waals surface area contributed by atoms with Crippen LogP contribution in [0, 0.1) is 6.92 Å². The van der Waals surface area contributed by atoms with Crippen LogP contribution in [0.3, 0.4) is 0 Å². The Balaban J connectivity index is 1.34. The molecule has 0 atom stereocenters. The van der Waals surface area contributed by atoms with Crippen LogP contribution in [0.4, 0.5) is 5.13 Å². The standard InChI is InChI=1S/C18H20N4O3S/c1-13-19-20-18(26-13)22-8-6-21(7-9-22)17(23)5-3-14-2-4-15-16(12-14)25-11-10-24-15/h2-5,12H,6-11H2,1H3/b5-3-. The molecule has 0 unspecified atom stereocenters. The molecule has 1 aromatic heterocycles. The maximum absolute atomic E-state index is 12.4. The Morgan fingerprint density at radius 1 is 1.12 bits per heavy atom. The van der Waals surface area contributed by atoms with Crippen molar-refractivity contribution in [1.82, 2.24) is 15.1 Å². The van der Waals surface area contributed by atoms with Gasteiger partial charge in [-0.15, -0.1) is 10.2 Å². The Kier molecular flexibility index (Phi) is 4.75. The second-order valence-electron chi connectivity index (χ2n) is 6.15. The van der Waals surface area contributed by atoms with E-state index in [4.69, 9.17) is 9.47 Å². The molecule has 1 saturated heterocycles. The SMILES string of the molecule is Cc1nnc(N2CCN(C(=O)/C=C\c3ccc4c(c3)OCCO4)CC2)s1. The first-order valence-electron chi connectivity index (χ1n) is 8.61. The molecule has 136 valence electrons. The Bertz CT molecular complexity index is 828. The third kappa shape index (κ3) is 3.65. The van der Waals surface area contributed by atoms with E-state index in [9.17, 15) is 4.79 Å². The Morgan fingerprint density at radius 3 is 2.62 bits per heavy atom. The van der Waals surface area contributed by atoms with Crippen LogP contribution >= 0.6 is 11.3 Å². The smallest absolute Gasteiger partial charge is 0.246 e. The van der Waals surface area contributed by atoms with Crippen molar-refractivity contribution in [2.24, 2.45) is 0 Å². The summed E-state index contributed by atoms with van der Waals surface area (Å²) in [6.07, 6.45) is 3.44. The number of ether oxygens (including phenoxy) is 2. The number of amides is 1. The van der Waals surface area contributed by atoms with Crippen LogP contribution in [-0.2, 0) is 4.79 Å². The molecule has 1 amide bonds. The molecule has 1 aromatic carbocycles. The quantitative estimate of drug-likeness (QED) is 0.768. The summed E-state index contributed by atoms with van der Waals surface area (Å²) < 4.78 is 11.1. The van der Waals surface area contributed by atoms with Crippen LogP contribution in [0.5, 0.6) is 11.5 Å². The van der Waals surface area contributed by atoms with Crippen LogP contribution in [0.15, 0.2) is 24.3 Å². The lowest BCUT2D eigenvalue weighted by Gasteiger charge is -2.33. The molecular weight excluding hydrogens is 352 g/mol. The second kappa shape index (κ2) is 7.33. The zero-order valence-electron chi connectivity index (χ0n) is 14.6. The van der Waals surface area contributed by atoms with E-state index in [-0.39, 0.29) is 5.91 Å². The van der Waals surface area contributed by atoms with E-state index in [2.05, 4.69) is 15.1 Å². The number of anilines is 1. The Labute approximate surface area is 155 Å². The first kappa shape index (κ1) is 16.8. The van der Waals surface area contributed by atoms with E-state index < -0.39 is 0 Å². The van der Waals surface area contributed by atoms with Crippen molar-refractivity contribution >= 4 is 28.5 Å². The average molecular weight is 372 g/mol. The minimum atomic E-state index is 0.0213. The topological polar surface area (TPSA) is 67.8 Å². The monoisotopic (exact) mass is 372 g/mol. The molecule has 2 aliphatic heterocycles. The molecule has 0 bridgehead atoms. The predicted molar refractivity (Wildman–Crippen MR) is 99.9 cm³/mol. The van der Waals surface area contributed by atoms with Gasteiger partial charge in [0.1, 0.15) is 18.2 Å². The highest BCUT2D eigenvalue weighted by atomic mass is 32.1. The molecule has 0 aliphatic carbocycles. The summed E-state index contributed by atoms with van der Waals surface area (Å²) >= 11 is 1.59. The zero-order chi connectivity index (χ0) is 17.9. The van der Waals surface area contributed by atoms with Crippen LogP contribution in [0.1, 0.15) is 10.6 Å². The highest BCUT2D eigenvalue weighted by molar-refractivity contribution is 7.15. The molecular formula is C18H20N4O3S.